The first kappa shape index (κ1) is 49.1. The number of anilines is 2. The number of fused-ring (bicyclic) bond motifs is 2. The van der Waals surface area contributed by atoms with Crippen molar-refractivity contribution in [3.05, 3.63) is 88.9 Å². The monoisotopic (exact) mass is 918 g/mol. The summed E-state index contributed by atoms with van der Waals surface area (Å²) in [6.07, 6.45) is 12.6. The number of hydrogen-bond acceptors (Lipinski definition) is 13. The lowest BCUT2D eigenvalue weighted by Crippen LogP contribution is -2.31. The van der Waals surface area contributed by atoms with Crippen molar-refractivity contribution in [2.24, 2.45) is 28.1 Å². The van der Waals surface area contributed by atoms with Crippen LogP contribution < -0.4 is 42.6 Å². The Kier molecular flexibility index (Phi) is 16.7. The second-order valence-electron chi connectivity index (χ2n) is 16.3. The number of aryl methyl sites for hydroxylation is 2. The number of carbonyl (C=O) groups is 4. The number of nitrogens with two attached hydrogens (primary N) is 3. The lowest BCUT2D eigenvalue weighted by molar-refractivity contribution is -0.110. The minimum atomic E-state index is -0.682. The molecule has 0 radical (unpaired) electrons. The van der Waals surface area contributed by atoms with Crippen LogP contribution in [0.4, 0.5) is 11.9 Å². The van der Waals surface area contributed by atoms with E-state index in [1.54, 1.807) is 52.8 Å². The summed E-state index contributed by atoms with van der Waals surface area (Å²) in [4.78, 5) is 68.4. The second-order valence-corrected chi connectivity index (χ2v) is 16.3. The zero-order valence-electron chi connectivity index (χ0n) is 39.1. The third kappa shape index (κ3) is 12.3. The number of primary amides is 2. The zero-order chi connectivity index (χ0) is 48.2. The van der Waals surface area contributed by atoms with Gasteiger partial charge < -0.3 is 46.0 Å². The van der Waals surface area contributed by atoms with Crippen molar-refractivity contribution in [3.63, 3.8) is 0 Å². The molecule has 0 atom stereocenters. The summed E-state index contributed by atoms with van der Waals surface area (Å²) in [5.74, 6) is -0.672. The van der Waals surface area contributed by atoms with Crippen LogP contribution in [-0.4, -0.2) is 117 Å². The highest BCUT2D eigenvalue weighted by Gasteiger charge is 2.23. The summed E-state index contributed by atoms with van der Waals surface area (Å²) in [6, 6.07) is 7.84. The van der Waals surface area contributed by atoms with Gasteiger partial charge in [-0.25, -0.2) is 9.97 Å². The fourth-order valence-electron chi connectivity index (χ4n) is 7.92. The number of amides is 4. The minimum absolute atomic E-state index is 0.100. The first-order chi connectivity index (χ1) is 32.2. The Bertz CT molecular complexity index is 2730. The molecule has 4 amide bonds. The Balaban J connectivity index is 1.32. The smallest absolute Gasteiger partial charge is 0.276 e. The average molecular weight is 919 g/mol. The standard InChI is InChI=1S/C47H62N14O6/c1-7-52-36(23-29(3)48)44(64)55-46-53-34-25-32(42(49)62)27-38(66-6)40(34)59(46)18-10-11-19-60-41-35(54-47(60)56-45(65)37-24-30(4)57-61(37)8-2)26-33(43(50)63)28-39(41)67-22-12-9-16-51-17-13-31-14-20-58(5)21-15-31/h9-12,23-28,31,51H,7-8,13-22,48H2,1-6H3,(H2,49,62)(H2,50,63)(H,53,55,64)(H,54,56,65)/b11-10+,12-9+,29-23-,52-36?. The molecule has 6 rings (SSSR count). The van der Waals surface area contributed by atoms with E-state index in [2.05, 4.69) is 43.0 Å². The lowest BCUT2D eigenvalue weighted by atomic mass is 9.94. The van der Waals surface area contributed by atoms with E-state index in [9.17, 15) is 19.2 Å². The number of methoxy groups -OCH3 is 1. The Labute approximate surface area is 389 Å². The van der Waals surface area contributed by atoms with Crippen LogP contribution in [0.5, 0.6) is 11.5 Å². The van der Waals surface area contributed by atoms with Gasteiger partial charge in [0.2, 0.25) is 23.7 Å². The molecule has 0 aliphatic carbocycles. The maximum Gasteiger partial charge on any atom is 0.276 e. The van der Waals surface area contributed by atoms with Gasteiger partial charge in [0.05, 0.1) is 23.8 Å². The molecule has 0 spiro atoms. The van der Waals surface area contributed by atoms with Gasteiger partial charge in [0.25, 0.3) is 11.8 Å². The molecule has 2 aromatic carbocycles. The molecule has 67 heavy (non-hydrogen) atoms. The van der Waals surface area contributed by atoms with E-state index in [-0.39, 0.29) is 48.4 Å². The molecule has 20 heteroatoms. The van der Waals surface area contributed by atoms with Crippen molar-refractivity contribution in [2.45, 2.75) is 66.6 Å². The predicted octanol–water partition coefficient (Wildman–Crippen LogP) is 4.14. The van der Waals surface area contributed by atoms with E-state index in [0.29, 0.717) is 70.3 Å². The summed E-state index contributed by atoms with van der Waals surface area (Å²) in [5.41, 5.74) is 20.9. The third-order valence-electron chi connectivity index (χ3n) is 11.3. The molecule has 1 saturated heterocycles. The topological polar surface area (TPSA) is 270 Å². The molecular weight excluding hydrogens is 857 g/mol. The number of benzene rings is 2. The summed E-state index contributed by atoms with van der Waals surface area (Å²) in [7, 11) is 3.62. The van der Waals surface area contributed by atoms with Crippen LogP contribution in [0.2, 0.25) is 0 Å². The fourth-order valence-corrected chi connectivity index (χ4v) is 7.92. The summed E-state index contributed by atoms with van der Waals surface area (Å²) in [5, 5.41) is 13.7. The van der Waals surface area contributed by atoms with Crippen molar-refractivity contribution in [1.29, 1.82) is 0 Å². The molecule has 1 aliphatic heterocycles. The number of allylic oxidation sites excluding steroid dienone is 3. The van der Waals surface area contributed by atoms with Gasteiger partial charge in [0.1, 0.15) is 40.5 Å². The molecular formula is C47H62N14O6. The molecule has 0 unspecified atom stereocenters. The van der Waals surface area contributed by atoms with E-state index in [0.717, 1.165) is 32.0 Å². The van der Waals surface area contributed by atoms with E-state index in [1.165, 1.54) is 38.2 Å². The van der Waals surface area contributed by atoms with E-state index < -0.39 is 23.6 Å². The zero-order valence-corrected chi connectivity index (χ0v) is 39.1. The van der Waals surface area contributed by atoms with Crippen molar-refractivity contribution >= 4 is 63.3 Å². The van der Waals surface area contributed by atoms with Crippen molar-refractivity contribution in [1.82, 2.24) is 39.1 Å². The quantitative estimate of drug-likeness (QED) is 0.0325. The van der Waals surface area contributed by atoms with Crippen molar-refractivity contribution < 1.29 is 28.7 Å². The van der Waals surface area contributed by atoms with Crippen LogP contribution in [0.15, 0.2) is 71.4 Å². The van der Waals surface area contributed by atoms with Crippen molar-refractivity contribution in [3.8, 4) is 11.5 Å². The number of hydrogen-bond donors (Lipinski definition) is 6. The van der Waals surface area contributed by atoms with Gasteiger partial charge in [0.15, 0.2) is 0 Å². The number of ether oxygens (including phenoxy) is 2. The van der Waals surface area contributed by atoms with E-state index in [4.69, 9.17) is 31.7 Å². The summed E-state index contributed by atoms with van der Waals surface area (Å²) < 4.78 is 17.1. The number of nitrogens with one attached hydrogen (secondary N) is 3. The number of imidazole rings is 2. The fraction of sp³-hybridized carbons (Fsp3) is 0.404. The molecule has 3 aromatic heterocycles. The number of rotatable bonds is 22. The highest BCUT2D eigenvalue weighted by atomic mass is 16.5. The number of carbonyl (C=O) groups excluding carboxylic acids is 4. The predicted molar refractivity (Wildman–Crippen MR) is 260 cm³/mol. The highest BCUT2D eigenvalue weighted by molar-refractivity contribution is 6.47. The molecule has 1 fully saturated rings. The maximum atomic E-state index is 13.9. The third-order valence-corrected chi connectivity index (χ3v) is 11.3. The van der Waals surface area contributed by atoms with Crippen LogP contribution in [0.3, 0.4) is 0 Å². The average Bonchev–Trinajstić information content (AvgIpc) is 3.97. The molecule has 9 N–H and O–H groups in total. The van der Waals surface area contributed by atoms with Crippen LogP contribution >= 0.6 is 0 Å². The molecule has 0 saturated carbocycles. The van der Waals surface area contributed by atoms with Gasteiger partial charge in [-0.15, -0.1) is 0 Å². The summed E-state index contributed by atoms with van der Waals surface area (Å²) in [6.45, 7) is 12.3. The van der Waals surface area contributed by atoms with Crippen LogP contribution in [0, 0.1) is 12.8 Å². The molecule has 20 nitrogen and oxygen atoms in total. The molecule has 5 aromatic rings. The molecule has 356 valence electrons. The van der Waals surface area contributed by atoms with Gasteiger partial charge in [-0.2, -0.15) is 5.10 Å². The van der Waals surface area contributed by atoms with Gasteiger partial charge in [0, 0.05) is 49.5 Å². The maximum absolute atomic E-state index is 13.9. The number of aromatic nitrogens is 6. The highest BCUT2D eigenvalue weighted by Crippen LogP contribution is 2.33. The van der Waals surface area contributed by atoms with Gasteiger partial charge >= 0.3 is 0 Å². The number of nitrogens with zero attached hydrogens (tertiary/aromatic N) is 8. The lowest BCUT2D eigenvalue weighted by Gasteiger charge is -2.28. The van der Waals surface area contributed by atoms with E-state index >= 15 is 0 Å². The first-order valence-electron chi connectivity index (χ1n) is 22.4. The van der Waals surface area contributed by atoms with Gasteiger partial charge in [-0.05, 0) is 116 Å². The van der Waals surface area contributed by atoms with Gasteiger partial charge in [-0.1, -0.05) is 24.3 Å². The molecule has 0 bridgehead atoms. The Morgan fingerprint density at radius 2 is 1.46 bits per heavy atom. The molecule has 4 heterocycles. The van der Waals surface area contributed by atoms with Gasteiger partial charge in [-0.3, -0.25) is 39.5 Å². The SMILES string of the molecule is CCN=C(/C=C(/C)N)C(=O)Nc1nc2cc(C(N)=O)cc(OC)c2n1C/C=C/Cn1c(NC(=O)c2cc(C)nn2CC)nc2cc(C(N)=O)cc(OC/C=C/CNCCC3CCN(C)CC3)c21. The van der Waals surface area contributed by atoms with Crippen LogP contribution in [0.1, 0.15) is 76.9 Å². The Morgan fingerprint density at radius 3 is 2.04 bits per heavy atom. The minimum Gasteiger partial charge on any atom is -0.494 e. The number of aliphatic imine (C=N–C) groups is 1. The van der Waals surface area contributed by atoms with E-state index in [1.807, 2.05) is 31.2 Å². The number of likely N-dealkylation sites (tertiary alicyclic amines) is 1. The van der Waals surface area contributed by atoms with Crippen LogP contribution in [-0.2, 0) is 24.4 Å². The van der Waals surface area contributed by atoms with Crippen molar-refractivity contribution in [2.75, 3.05) is 64.1 Å². The second kappa shape index (κ2) is 22.7. The van der Waals surface area contributed by atoms with Crippen LogP contribution in [0.25, 0.3) is 22.1 Å². The largest absolute Gasteiger partial charge is 0.494 e. The normalized spacial score (nSPS) is 14.2. The summed E-state index contributed by atoms with van der Waals surface area (Å²) >= 11 is 0. The number of piperidine rings is 1. The first-order valence-corrected chi connectivity index (χ1v) is 22.4. The Hall–Kier alpha value is -7.32. The Morgan fingerprint density at radius 1 is 0.851 bits per heavy atom. The molecule has 1 aliphatic rings.